The molecule has 1 amide bonds. The minimum absolute atomic E-state index is 0.176. The Bertz CT molecular complexity index is 1100. The molecule has 1 saturated carbocycles. The van der Waals surface area contributed by atoms with Crippen LogP contribution in [0.4, 0.5) is 0 Å². The number of carbonyl (C=O) groups excluding carboxylic acids is 1. The van der Waals surface area contributed by atoms with Gasteiger partial charge in [0, 0.05) is 10.8 Å². The Labute approximate surface area is 181 Å². The molecule has 1 atom stereocenters. The van der Waals surface area contributed by atoms with Crippen molar-refractivity contribution >= 4 is 24.0 Å². The summed E-state index contributed by atoms with van der Waals surface area (Å²) in [5.41, 5.74) is 3.91. The fourth-order valence-electron chi connectivity index (χ4n) is 4.81. The van der Waals surface area contributed by atoms with E-state index in [9.17, 15) is 14.8 Å². The van der Waals surface area contributed by atoms with Crippen LogP contribution in [0.3, 0.4) is 0 Å². The van der Waals surface area contributed by atoms with E-state index in [1.54, 1.807) is 6.26 Å². The van der Waals surface area contributed by atoms with Crippen LogP contribution in [-0.2, 0) is 24.1 Å². The van der Waals surface area contributed by atoms with Gasteiger partial charge in [-0.25, -0.2) is 0 Å². The summed E-state index contributed by atoms with van der Waals surface area (Å²) in [7, 11) is -1.67. The topological polar surface area (TPSA) is 91.9 Å². The molecule has 2 aromatic carbocycles. The van der Waals surface area contributed by atoms with Crippen LogP contribution in [0, 0.1) is 5.41 Å². The molecule has 1 spiro atoms. The van der Waals surface area contributed by atoms with Crippen LogP contribution < -0.4 is 10.1 Å². The molecule has 1 aromatic heterocycles. The second-order valence-electron chi connectivity index (χ2n) is 8.99. The van der Waals surface area contributed by atoms with Crippen LogP contribution in [0.2, 0.25) is 0 Å². The predicted molar refractivity (Wildman–Crippen MR) is 118 cm³/mol. The van der Waals surface area contributed by atoms with Crippen LogP contribution in [0.1, 0.15) is 36.0 Å². The van der Waals surface area contributed by atoms with Gasteiger partial charge in [0.1, 0.15) is 11.3 Å². The zero-order valence-electron chi connectivity index (χ0n) is 17.3. The van der Waals surface area contributed by atoms with Gasteiger partial charge in [-0.15, -0.1) is 0 Å². The van der Waals surface area contributed by atoms with Gasteiger partial charge in [-0.2, -0.15) is 0 Å². The van der Waals surface area contributed by atoms with Crippen LogP contribution in [0.5, 0.6) is 5.75 Å². The van der Waals surface area contributed by atoms with Crippen LogP contribution in [-0.4, -0.2) is 35.6 Å². The molecule has 2 aliphatic rings. The highest BCUT2D eigenvalue weighted by atomic mass is 16.5. The molecule has 6 nitrogen and oxygen atoms in total. The lowest BCUT2D eigenvalue weighted by molar-refractivity contribution is -0.120. The molecule has 0 radical (unpaired) electrons. The number of hydrogen-bond donors (Lipinski definition) is 3. The van der Waals surface area contributed by atoms with Crippen molar-refractivity contribution in [1.29, 1.82) is 0 Å². The minimum atomic E-state index is -1.67. The third kappa shape index (κ3) is 4.08. The monoisotopic (exact) mass is 419 g/mol. The summed E-state index contributed by atoms with van der Waals surface area (Å²) in [6, 6.07) is 13.5. The molecular weight excluding hydrogens is 393 g/mol. The number of benzene rings is 2. The summed E-state index contributed by atoms with van der Waals surface area (Å²) in [6.07, 6.45) is 6.72. The first kappa shape index (κ1) is 20.2. The van der Waals surface area contributed by atoms with Crippen molar-refractivity contribution in [3.05, 3.63) is 65.4 Å². The summed E-state index contributed by atoms with van der Waals surface area (Å²) in [5, 5.41) is 23.4. The Balaban J connectivity index is 1.26. The SMILES string of the molecule is O=C(Cc1ccc2c(c1)CC1(CCC1)CO2)N[C@@H](Cc1coc2ccccc12)B(O)O. The van der Waals surface area contributed by atoms with E-state index in [2.05, 4.69) is 11.4 Å². The molecule has 2 heterocycles. The number of para-hydroxylation sites is 1. The van der Waals surface area contributed by atoms with Crippen LogP contribution in [0.15, 0.2) is 53.1 Å². The molecule has 0 unspecified atom stereocenters. The lowest BCUT2D eigenvalue weighted by atomic mass is 9.65. The third-order valence-corrected chi connectivity index (χ3v) is 6.71. The van der Waals surface area contributed by atoms with Crippen LogP contribution in [0.25, 0.3) is 11.0 Å². The molecular formula is C24H26BNO5. The molecule has 1 fully saturated rings. The average molecular weight is 419 g/mol. The molecule has 3 N–H and O–H groups in total. The molecule has 5 rings (SSSR count). The first-order valence-electron chi connectivity index (χ1n) is 10.9. The highest BCUT2D eigenvalue weighted by Gasteiger charge is 2.41. The van der Waals surface area contributed by atoms with Gasteiger partial charge in [0.2, 0.25) is 5.91 Å². The molecule has 0 bridgehead atoms. The number of carbonyl (C=O) groups is 1. The smallest absolute Gasteiger partial charge is 0.475 e. The van der Waals surface area contributed by atoms with Gasteiger partial charge in [-0.3, -0.25) is 4.79 Å². The lowest BCUT2D eigenvalue weighted by Gasteiger charge is -2.44. The van der Waals surface area contributed by atoms with E-state index in [4.69, 9.17) is 9.15 Å². The predicted octanol–water partition coefficient (Wildman–Crippen LogP) is 2.82. The third-order valence-electron chi connectivity index (χ3n) is 6.71. The van der Waals surface area contributed by atoms with E-state index in [0.717, 1.165) is 40.9 Å². The lowest BCUT2D eigenvalue weighted by Crippen LogP contribution is -2.48. The Kier molecular flexibility index (Phi) is 5.24. The molecule has 160 valence electrons. The number of hydrogen-bond acceptors (Lipinski definition) is 5. The fraction of sp³-hybridized carbons (Fsp3) is 0.375. The van der Waals surface area contributed by atoms with E-state index in [1.165, 1.54) is 24.8 Å². The van der Waals surface area contributed by atoms with Gasteiger partial charge >= 0.3 is 7.12 Å². The number of furan rings is 1. The van der Waals surface area contributed by atoms with E-state index >= 15 is 0 Å². The van der Waals surface area contributed by atoms with Crippen molar-refractivity contribution in [1.82, 2.24) is 5.32 Å². The second kappa shape index (κ2) is 8.06. The zero-order valence-corrected chi connectivity index (χ0v) is 17.3. The summed E-state index contributed by atoms with van der Waals surface area (Å²) < 4.78 is 11.5. The van der Waals surface area contributed by atoms with Crippen molar-refractivity contribution in [2.75, 3.05) is 6.61 Å². The largest absolute Gasteiger partial charge is 0.493 e. The van der Waals surface area contributed by atoms with Crippen molar-refractivity contribution in [3.8, 4) is 5.75 Å². The van der Waals surface area contributed by atoms with Gasteiger partial charge in [-0.1, -0.05) is 36.8 Å². The van der Waals surface area contributed by atoms with Gasteiger partial charge < -0.3 is 24.5 Å². The number of amides is 1. The Morgan fingerprint density at radius 3 is 2.81 bits per heavy atom. The van der Waals surface area contributed by atoms with Crippen LogP contribution >= 0.6 is 0 Å². The van der Waals surface area contributed by atoms with Crippen molar-refractivity contribution in [2.45, 2.75) is 44.5 Å². The maximum atomic E-state index is 12.7. The summed E-state index contributed by atoms with van der Waals surface area (Å²) in [4.78, 5) is 12.7. The quantitative estimate of drug-likeness (QED) is 0.535. The molecule has 7 heteroatoms. The molecule has 0 saturated heterocycles. The Morgan fingerprint density at radius 1 is 1.19 bits per heavy atom. The highest BCUT2D eigenvalue weighted by Crippen LogP contribution is 2.48. The molecule has 3 aromatic rings. The Morgan fingerprint density at radius 2 is 2.03 bits per heavy atom. The molecule has 1 aliphatic carbocycles. The van der Waals surface area contributed by atoms with E-state index < -0.39 is 13.1 Å². The average Bonchev–Trinajstić information content (AvgIpc) is 3.14. The number of nitrogens with one attached hydrogen (secondary N) is 1. The molecule has 1 aliphatic heterocycles. The Hall–Kier alpha value is -2.77. The van der Waals surface area contributed by atoms with E-state index in [-0.39, 0.29) is 24.2 Å². The van der Waals surface area contributed by atoms with E-state index in [1.807, 2.05) is 36.4 Å². The summed E-state index contributed by atoms with van der Waals surface area (Å²) in [6.45, 7) is 0.790. The van der Waals surface area contributed by atoms with Gasteiger partial charge in [0.25, 0.3) is 0 Å². The van der Waals surface area contributed by atoms with Crippen molar-refractivity contribution in [3.63, 3.8) is 0 Å². The minimum Gasteiger partial charge on any atom is -0.493 e. The summed E-state index contributed by atoms with van der Waals surface area (Å²) in [5.74, 6) is -0.161. The first-order valence-corrected chi connectivity index (χ1v) is 10.9. The van der Waals surface area contributed by atoms with Gasteiger partial charge in [0.05, 0.1) is 25.2 Å². The highest BCUT2D eigenvalue weighted by molar-refractivity contribution is 6.43. The number of ether oxygens (including phenoxy) is 1. The number of rotatable bonds is 6. The first-order chi connectivity index (χ1) is 15.0. The second-order valence-corrected chi connectivity index (χ2v) is 8.99. The summed E-state index contributed by atoms with van der Waals surface area (Å²) >= 11 is 0. The van der Waals surface area contributed by atoms with Gasteiger partial charge in [-0.05, 0) is 54.5 Å². The standard InChI is InChI=1S/C24H26BNO5/c27-23(11-16-6-7-20-17(10-16)13-24(15-31-20)8-3-9-24)26-22(25(28)29)12-18-14-30-21-5-2-1-4-19(18)21/h1-2,4-7,10,14,22,28-29H,3,8-9,11-13,15H2,(H,26,27)/t22-/m0/s1. The normalized spacial score (nSPS) is 17.5. The van der Waals surface area contributed by atoms with Crippen molar-refractivity contribution < 1.29 is 24.0 Å². The van der Waals surface area contributed by atoms with Gasteiger partial charge in [0.15, 0.2) is 0 Å². The van der Waals surface area contributed by atoms with Crippen molar-refractivity contribution in [2.24, 2.45) is 5.41 Å². The molecule has 31 heavy (non-hydrogen) atoms. The number of fused-ring (bicyclic) bond motifs is 2. The fourth-order valence-corrected chi connectivity index (χ4v) is 4.81. The van der Waals surface area contributed by atoms with E-state index in [0.29, 0.717) is 0 Å². The maximum Gasteiger partial charge on any atom is 0.475 e. The maximum absolute atomic E-state index is 12.7. The zero-order chi connectivity index (χ0) is 21.4.